The molecule has 94 valence electrons. The largest absolute Gasteiger partial charge is 0.342 e. The van der Waals surface area contributed by atoms with Crippen molar-refractivity contribution in [1.29, 1.82) is 0 Å². The molecule has 0 radical (unpaired) electrons. The average molecular weight is 247 g/mol. The summed E-state index contributed by atoms with van der Waals surface area (Å²) in [5.41, 5.74) is 5.89. The summed E-state index contributed by atoms with van der Waals surface area (Å²) >= 11 is 0. The number of nitrogens with two attached hydrogens (primary N) is 1. The highest BCUT2D eigenvalue weighted by Gasteiger charge is 2.50. The van der Waals surface area contributed by atoms with E-state index < -0.39 is 0 Å². The molecule has 2 fully saturated rings. The first kappa shape index (κ1) is 13.8. The van der Waals surface area contributed by atoms with E-state index in [0.29, 0.717) is 11.9 Å². The van der Waals surface area contributed by atoms with Crippen molar-refractivity contribution in [2.75, 3.05) is 13.1 Å². The van der Waals surface area contributed by atoms with Gasteiger partial charge in [-0.15, -0.1) is 12.4 Å². The van der Waals surface area contributed by atoms with Gasteiger partial charge in [-0.2, -0.15) is 0 Å². The maximum atomic E-state index is 12.3. The van der Waals surface area contributed by atoms with Crippen LogP contribution in [0.4, 0.5) is 0 Å². The van der Waals surface area contributed by atoms with Gasteiger partial charge in [-0.1, -0.05) is 13.3 Å². The number of nitrogens with zero attached hydrogens (tertiary/aromatic N) is 1. The summed E-state index contributed by atoms with van der Waals surface area (Å²) in [6.07, 6.45) is 6.39. The second-order valence-electron chi connectivity index (χ2n) is 5.16. The Labute approximate surface area is 104 Å². The fourth-order valence-electron chi connectivity index (χ4n) is 2.64. The molecule has 16 heavy (non-hydrogen) atoms. The smallest absolute Gasteiger partial charge is 0.228 e. The molecule has 1 amide bonds. The minimum Gasteiger partial charge on any atom is -0.342 e. The van der Waals surface area contributed by atoms with Crippen molar-refractivity contribution in [3.8, 4) is 0 Å². The molecular weight excluding hydrogens is 224 g/mol. The average Bonchev–Trinajstić information content (AvgIpc) is 3.00. The van der Waals surface area contributed by atoms with Gasteiger partial charge in [0.05, 0.1) is 0 Å². The molecule has 0 aromatic carbocycles. The van der Waals surface area contributed by atoms with Gasteiger partial charge < -0.3 is 10.6 Å². The molecule has 0 atom stereocenters. The number of amides is 1. The van der Waals surface area contributed by atoms with E-state index in [1.165, 1.54) is 0 Å². The summed E-state index contributed by atoms with van der Waals surface area (Å²) in [7, 11) is 0. The summed E-state index contributed by atoms with van der Waals surface area (Å²) in [6.45, 7) is 3.93. The number of hydrogen-bond donors (Lipinski definition) is 1. The minimum atomic E-state index is 0. The Morgan fingerprint density at radius 1 is 1.38 bits per heavy atom. The Morgan fingerprint density at radius 3 is 2.38 bits per heavy atom. The molecular formula is C12H23ClN2O. The Hall–Kier alpha value is -0.280. The molecule has 2 rings (SSSR count). The minimum absolute atomic E-state index is 0. The van der Waals surface area contributed by atoms with Gasteiger partial charge in [-0.3, -0.25) is 4.79 Å². The van der Waals surface area contributed by atoms with E-state index in [2.05, 4.69) is 6.92 Å². The second kappa shape index (κ2) is 5.37. The van der Waals surface area contributed by atoms with E-state index in [4.69, 9.17) is 5.73 Å². The Kier molecular flexibility index (Phi) is 4.62. The molecule has 2 N–H and O–H groups in total. The topological polar surface area (TPSA) is 46.3 Å². The first-order valence-electron chi connectivity index (χ1n) is 6.23. The lowest BCUT2D eigenvalue weighted by atomic mass is 9.96. The molecule has 0 spiro atoms. The third-order valence-electron chi connectivity index (χ3n) is 3.86. The Bertz CT molecular complexity index is 245. The molecule has 3 nitrogen and oxygen atoms in total. The van der Waals surface area contributed by atoms with Gasteiger partial charge in [0.1, 0.15) is 0 Å². The van der Waals surface area contributed by atoms with Crippen molar-refractivity contribution in [1.82, 2.24) is 4.90 Å². The van der Waals surface area contributed by atoms with Crippen LogP contribution in [0.2, 0.25) is 0 Å². The normalized spacial score (nSPS) is 23.8. The molecule has 0 aromatic rings. The molecule has 2 aliphatic rings. The van der Waals surface area contributed by atoms with Crippen molar-refractivity contribution in [3.05, 3.63) is 0 Å². The zero-order valence-corrected chi connectivity index (χ0v) is 10.9. The summed E-state index contributed by atoms with van der Waals surface area (Å²) in [5.74, 6) is 0.413. The maximum absolute atomic E-state index is 12.3. The predicted molar refractivity (Wildman–Crippen MR) is 67.6 cm³/mol. The summed E-state index contributed by atoms with van der Waals surface area (Å²) in [5, 5.41) is 0. The van der Waals surface area contributed by atoms with E-state index in [1.54, 1.807) is 0 Å². The molecule has 1 saturated carbocycles. The highest BCUT2D eigenvalue weighted by molar-refractivity contribution is 5.85. The van der Waals surface area contributed by atoms with Gasteiger partial charge in [-0.25, -0.2) is 0 Å². The van der Waals surface area contributed by atoms with Crippen LogP contribution in [0.15, 0.2) is 0 Å². The highest BCUT2D eigenvalue weighted by Crippen LogP contribution is 2.51. The summed E-state index contributed by atoms with van der Waals surface area (Å²) in [6, 6.07) is 0.315. The van der Waals surface area contributed by atoms with Crippen LogP contribution in [-0.2, 0) is 4.79 Å². The fourth-order valence-corrected chi connectivity index (χ4v) is 2.64. The number of hydrogen-bond acceptors (Lipinski definition) is 2. The van der Waals surface area contributed by atoms with Gasteiger partial charge in [-0.05, 0) is 32.1 Å². The standard InChI is InChI=1S/C12H22N2O.ClH/c1-2-5-12(6-7-12)11(15)14-8-3-10(13)4-9-14;/h10H,2-9,13H2,1H3;1H. The zero-order valence-electron chi connectivity index (χ0n) is 10.1. The van der Waals surface area contributed by atoms with Crippen LogP contribution in [-0.4, -0.2) is 29.9 Å². The molecule has 1 heterocycles. The molecule has 0 aromatic heterocycles. The Morgan fingerprint density at radius 2 is 1.94 bits per heavy atom. The SMILES string of the molecule is CCCC1(C(=O)N2CCC(N)CC2)CC1.Cl. The van der Waals surface area contributed by atoms with E-state index in [0.717, 1.165) is 51.6 Å². The molecule has 4 heteroatoms. The molecule has 0 bridgehead atoms. The van der Waals surface area contributed by atoms with Crippen LogP contribution in [0.3, 0.4) is 0 Å². The fraction of sp³-hybridized carbons (Fsp3) is 0.917. The van der Waals surface area contributed by atoms with Crippen molar-refractivity contribution in [2.24, 2.45) is 11.1 Å². The number of halogens is 1. The van der Waals surface area contributed by atoms with Crippen LogP contribution in [0.1, 0.15) is 45.4 Å². The monoisotopic (exact) mass is 246 g/mol. The van der Waals surface area contributed by atoms with Gasteiger partial charge in [0, 0.05) is 24.5 Å². The van der Waals surface area contributed by atoms with Crippen molar-refractivity contribution in [2.45, 2.75) is 51.5 Å². The number of likely N-dealkylation sites (tertiary alicyclic amines) is 1. The van der Waals surface area contributed by atoms with E-state index in [9.17, 15) is 4.79 Å². The van der Waals surface area contributed by atoms with Crippen LogP contribution in [0.5, 0.6) is 0 Å². The van der Waals surface area contributed by atoms with Crippen molar-refractivity contribution in [3.63, 3.8) is 0 Å². The van der Waals surface area contributed by atoms with Gasteiger partial charge >= 0.3 is 0 Å². The second-order valence-corrected chi connectivity index (χ2v) is 5.16. The molecule has 1 aliphatic heterocycles. The maximum Gasteiger partial charge on any atom is 0.228 e. The third kappa shape index (κ3) is 2.69. The van der Waals surface area contributed by atoms with Gasteiger partial charge in [0.2, 0.25) is 5.91 Å². The quantitative estimate of drug-likeness (QED) is 0.827. The predicted octanol–water partition coefficient (Wildman–Crippen LogP) is 1.94. The van der Waals surface area contributed by atoms with Crippen LogP contribution < -0.4 is 5.73 Å². The third-order valence-corrected chi connectivity index (χ3v) is 3.86. The number of carbonyl (C=O) groups excluding carboxylic acids is 1. The molecule has 1 aliphatic carbocycles. The molecule has 1 saturated heterocycles. The Balaban J connectivity index is 0.00000128. The van der Waals surface area contributed by atoms with Gasteiger partial charge in [0.15, 0.2) is 0 Å². The van der Waals surface area contributed by atoms with Crippen molar-refractivity contribution >= 4 is 18.3 Å². The first-order valence-corrected chi connectivity index (χ1v) is 6.23. The van der Waals surface area contributed by atoms with Crippen LogP contribution in [0, 0.1) is 5.41 Å². The first-order chi connectivity index (χ1) is 7.18. The lowest BCUT2D eigenvalue weighted by Crippen LogP contribution is -2.45. The lowest BCUT2D eigenvalue weighted by molar-refractivity contribution is -0.138. The van der Waals surface area contributed by atoms with Crippen molar-refractivity contribution < 1.29 is 4.79 Å². The van der Waals surface area contributed by atoms with Gasteiger partial charge in [0.25, 0.3) is 0 Å². The lowest BCUT2D eigenvalue weighted by Gasteiger charge is -2.33. The molecule has 0 unspecified atom stereocenters. The number of rotatable bonds is 3. The van der Waals surface area contributed by atoms with E-state index in [-0.39, 0.29) is 17.8 Å². The number of piperidine rings is 1. The summed E-state index contributed by atoms with van der Waals surface area (Å²) in [4.78, 5) is 14.3. The van der Waals surface area contributed by atoms with Crippen LogP contribution in [0.25, 0.3) is 0 Å². The van der Waals surface area contributed by atoms with Crippen LogP contribution >= 0.6 is 12.4 Å². The van der Waals surface area contributed by atoms with E-state index in [1.807, 2.05) is 4.90 Å². The zero-order chi connectivity index (χ0) is 10.9. The number of carbonyl (C=O) groups is 1. The van der Waals surface area contributed by atoms with E-state index >= 15 is 0 Å². The summed E-state index contributed by atoms with van der Waals surface area (Å²) < 4.78 is 0. The highest BCUT2D eigenvalue weighted by atomic mass is 35.5.